The SMILES string of the molecule is O=[N+]([O-])[O-].O=[N+]([O-])[O-].[Cu+2].[N].[N]. The Morgan fingerprint density at radius 2 is 0.727 bits per heavy atom. The third-order valence-electron chi connectivity index (χ3n) is 0. The molecule has 7 radical (unpaired) electrons. The maximum Gasteiger partial charge on any atom is 2.00 e. The first kappa shape index (κ1) is 32.8. The molecule has 10 nitrogen and oxygen atoms in total. The van der Waals surface area contributed by atoms with Crippen LogP contribution >= 0.6 is 0 Å². The van der Waals surface area contributed by atoms with Crippen LogP contribution in [0.1, 0.15) is 0 Å². The Morgan fingerprint density at radius 1 is 0.727 bits per heavy atom. The van der Waals surface area contributed by atoms with Gasteiger partial charge in [0, 0.05) is 12.3 Å². The minimum atomic E-state index is -1.75. The third-order valence-corrected chi connectivity index (χ3v) is 0. The normalized spacial score (nSPS) is 4.36. The van der Waals surface area contributed by atoms with E-state index in [-0.39, 0.29) is 29.4 Å². The zero-order valence-corrected chi connectivity index (χ0v) is 5.48. The molecule has 0 amide bonds. The Morgan fingerprint density at radius 3 is 0.727 bits per heavy atom. The van der Waals surface area contributed by atoms with Crippen molar-refractivity contribution in [2.45, 2.75) is 0 Å². The van der Waals surface area contributed by atoms with E-state index in [0.29, 0.717) is 0 Å². The van der Waals surface area contributed by atoms with Crippen molar-refractivity contribution in [2.24, 2.45) is 0 Å². The molecule has 0 saturated carbocycles. The van der Waals surface area contributed by atoms with Crippen molar-refractivity contribution in [3.05, 3.63) is 30.6 Å². The number of rotatable bonds is 0. The maximum absolute atomic E-state index is 8.25. The van der Waals surface area contributed by atoms with Crippen LogP contribution < -0.4 is 12.3 Å². The van der Waals surface area contributed by atoms with E-state index >= 15 is 0 Å². The molecule has 0 unspecified atom stereocenters. The second kappa shape index (κ2) is 23.2. The fourth-order valence-corrected chi connectivity index (χ4v) is 0. The summed E-state index contributed by atoms with van der Waals surface area (Å²) >= 11 is 0. The van der Waals surface area contributed by atoms with Gasteiger partial charge in [0.25, 0.3) is 0 Å². The third kappa shape index (κ3) is 307. The molecule has 0 heterocycles. The molecule has 0 saturated heterocycles. The molecule has 0 fully saturated rings. The molecule has 0 bridgehead atoms. The van der Waals surface area contributed by atoms with Crippen LogP contribution in [0, 0.1) is 30.6 Å². The van der Waals surface area contributed by atoms with Gasteiger partial charge < -0.3 is 30.6 Å². The van der Waals surface area contributed by atoms with Gasteiger partial charge in [0.05, 0.1) is 10.2 Å². The average molecular weight is 216 g/mol. The molecule has 67 valence electrons. The van der Waals surface area contributed by atoms with Gasteiger partial charge in [-0.3, -0.25) is 0 Å². The minimum Gasteiger partial charge on any atom is -0.356 e. The summed E-state index contributed by atoms with van der Waals surface area (Å²) in [4.78, 5) is 16.5. The second-order valence-electron chi connectivity index (χ2n) is 0.447. The van der Waals surface area contributed by atoms with Crippen LogP contribution in [-0.4, -0.2) is 10.2 Å². The minimum absolute atomic E-state index is 0. The van der Waals surface area contributed by atoms with Crippen LogP contribution in [-0.2, 0) is 17.1 Å². The van der Waals surface area contributed by atoms with E-state index in [1.807, 2.05) is 0 Å². The molecule has 0 N–H and O–H groups in total. The molecule has 0 aliphatic heterocycles. The summed E-state index contributed by atoms with van der Waals surface area (Å²) in [6, 6.07) is 0. The van der Waals surface area contributed by atoms with Crippen molar-refractivity contribution in [1.82, 2.24) is 12.3 Å². The average Bonchev–Trinajstić information content (AvgIpc) is 1.25. The summed E-state index contributed by atoms with van der Waals surface area (Å²) in [5.41, 5.74) is 0. The molecule has 11 heavy (non-hydrogen) atoms. The van der Waals surface area contributed by atoms with Crippen LogP contribution in [0.2, 0.25) is 0 Å². The van der Waals surface area contributed by atoms with Crippen LogP contribution in [0.4, 0.5) is 0 Å². The largest absolute Gasteiger partial charge is 2.00 e. The second-order valence-corrected chi connectivity index (χ2v) is 0.447. The first-order chi connectivity index (χ1) is 3.46. The van der Waals surface area contributed by atoms with Gasteiger partial charge in [-0.2, -0.15) is 0 Å². The van der Waals surface area contributed by atoms with Crippen molar-refractivity contribution in [1.29, 1.82) is 0 Å². The Bertz CT molecular complexity index is 72.6. The molecule has 0 aromatic rings. The molecule has 0 rings (SSSR count). The van der Waals surface area contributed by atoms with E-state index in [1.165, 1.54) is 0 Å². The number of hydrogen-bond acceptors (Lipinski definition) is 6. The fourth-order valence-electron chi connectivity index (χ4n) is 0. The summed E-state index contributed by atoms with van der Waals surface area (Å²) in [7, 11) is 0. The molecule has 0 atom stereocenters. The van der Waals surface area contributed by atoms with Gasteiger partial charge in [0.1, 0.15) is 0 Å². The Hall–Kier alpha value is -1.16. The molecular weight excluding hydrogens is 216 g/mol. The number of nitrogens with zero attached hydrogens (tertiary/aromatic N) is 4. The van der Waals surface area contributed by atoms with Crippen molar-refractivity contribution < 1.29 is 27.2 Å². The number of hydrogen-bond donors (Lipinski definition) is 0. The van der Waals surface area contributed by atoms with Gasteiger partial charge in [-0.15, -0.1) is 0 Å². The van der Waals surface area contributed by atoms with Gasteiger partial charge in [-0.25, -0.2) is 0 Å². The van der Waals surface area contributed by atoms with E-state index < -0.39 is 10.2 Å². The van der Waals surface area contributed by atoms with Crippen LogP contribution in [0.5, 0.6) is 0 Å². The quantitative estimate of drug-likeness (QED) is 0.269. The molecular formula is CuN4O6. The van der Waals surface area contributed by atoms with Crippen molar-refractivity contribution in [3.63, 3.8) is 0 Å². The van der Waals surface area contributed by atoms with Crippen molar-refractivity contribution in [3.8, 4) is 0 Å². The van der Waals surface area contributed by atoms with Gasteiger partial charge in [0.15, 0.2) is 0 Å². The zero-order chi connectivity index (χ0) is 7.15. The van der Waals surface area contributed by atoms with Crippen molar-refractivity contribution >= 4 is 0 Å². The first-order valence-electron chi connectivity index (χ1n) is 1.10. The monoisotopic (exact) mass is 215 g/mol. The van der Waals surface area contributed by atoms with Gasteiger partial charge in [0.2, 0.25) is 0 Å². The first-order valence-corrected chi connectivity index (χ1v) is 1.10. The Kier molecular flexibility index (Phi) is 69.2. The van der Waals surface area contributed by atoms with E-state index in [4.69, 9.17) is 30.6 Å². The van der Waals surface area contributed by atoms with Crippen LogP contribution in [0.15, 0.2) is 0 Å². The predicted molar refractivity (Wildman–Crippen MR) is 25.0 cm³/mol. The van der Waals surface area contributed by atoms with E-state index in [9.17, 15) is 0 Å². The smallest absolute Gasteiger partial charge is 0.356 e. The molecule has 11 heteroatoms. The summed E-state index contributed by atoms with van der Waals surface area (Å²) in [5.74, 6) is 0. The van der Waals surface area contributed by atoms with Gasteiger partial charge >= 0.3 is 17.1 Å². The van der Waals surface area contributed by atoms with Gasteiger partial charge in [-0.1, -0.05) is 0 Å². The molecule has 0 aliphatic carbocycles. The van der Waals surface area contributed by atoms with E-state index in [0.717, 1.165) is 0 Å². The topological polar surface area (TPSA) is 193 Å². The molecule has 0 spiro atoms. The standard InChI is InChI=1S/Cu.2NO3.2N/c;2*2-1(3)4;;/q+2;2*-1;;. The van der Waals surface area contributed by atoms with Crippen LogP contribution in [0.25, 0.3) is 0 Å². The summed E-state index contributed by atoms with van der Waals surface area (Å²) < 4.78 is 0. The molecule has 0 aromatic heterocycles. The Balaban J connectivity index is -0.0000000171. The van der Waals surface area contributed by atoms with E-state index in [2.05, 4.69) is 0 Å². The van der Waals surface area contributed by atoms with E-state index in [1.54, 1.807) is 0 Å². The van der Waals surface area contributed by atoms with Gasteiger partial charge in [-0.05, 0) is 0 Å². The maximum atomic E-state index is 8.25. The molecule has 0 aliphatic rings. The zero-order valence-electron chi connectivity index (χ0n) is 4.54. The van der Waals surface area contributed by atoms with Crippen molar-refractivity contribution in [2.75, 3.05) is 0 Å². The summed E-state index contributed by atoms with van der Waals surface area (Å²) in [6.45, 7) is 0. The summed E-state index contributed by atoms with van der Waals surface area (Å²) in [6.07, 6.45) is 0. The predicted octanol–water partition coefficient (Wildman–Crippen LogP) is -1.44. The van der Waals surface area contributed by atoms with Crippen LogP contribution in [0.3, 0.4) is 0 Å². The molecule has 0 aromatic carbocycles. The Labute approximate surface area is 71.0 Å². The fraction of sp³-hybridized carbons (Fsp3) is 0. The summed E-state index contributed by atoms with van der Waals surface area (Å²) in [5, 5.41) is 29.5.